The van der Waals surface area contributed by atoms with E-state index in [1.807, 2.05) is 0 Å². The summed E-state index contributed by atoms with van der Waals surface area (Å²) in [5.74, 6) is -1.61. The van der Waals surface area contributed by atoms with Crippen molar-refractivity contribution in [3.63, 3.8) is 0 Å². The molecule has 1 aromatic rings. The Bertz CT molecular complexity index is 423. The third kappa shape index (κ3) is 3.61. The van der Waals surface area contributed by atoms with Gasteiger partial charge in [-0.2, -0.15) is 0 Å². The minimum Gasteiger partial charge on any atom is -0.491 e. The molecule has 0 aromatic heterocycles. The zero-order valence-electron chi connectivity index (χ0n) is 10.8. The Hall–Kier alpha value is -1.78. The fourth-order valence-electron chi connectivity index (χ4n) is 1.59. The van der Waals surface area contributed by atoms with Crippen LogP contribution in [0.3, 0.4) is 0 Å². The quantitative estimate of drug-likeness (QED) is 0.848. The molecule has 4 nitrogen and oxygen atoms in total. The maximum absolute atomic E-state index is 13.6. The zero-order valence-corrected chi connectivity index (χ0v) is 10.8. The average Bonchev–Trinajstić information content (AvgIpc) is 2.31. The maximum Gasteiger partial charge on any atom is 0.308 e. The largest absolute Gasteiger partial charge is 0.491 e. The molecule has 100 valence electrons. The van der Waals surface area contributed by atoms with E-state index in [1.165, 1.54) is 6.07 Å². The summed E-state index contributed by atoms with van der Waals surface area (Å²) < 4.78 is 18.7. The second-order valence-corrected chi connectivity index (χ2v) is 4.17. The first-order valence-corrected chi connectivity index (χ1v) is 5.82. The van der Waals surface area contributed by atoms with E-state index in [4.69, 9.17) is 9.84 Å². The molecule has 0 bridgehead atoms. The van der Waals surface area contributed by atoms with E-state index in [0.29, 0.717) is 18.8 Å². The number of nitrogens with zero attached hydrogens (tertiary/aromatic N) is 1. The Kier molecular flexibility index (Phi) is 4.95. The molecule has 1 rings (SSSR count). The molecule has 0 saturated heterocycles. The maximum atomic E-state index is 13.6. The predicted octanol–water partition coefficient (Wildman–Crippen LogP) is 2.38. The van der Waals surface area contributed by atoms with Gasteiger partial charge in [0.15, 0.2) is 11.6 Å². The molecule has 0 spiro atoms. The highest BCUT2D eigenvalue weighted by atomic mass is 19.1. The average molecular weight is 255 g/mol. The molecule has 0 aliphatic carbocycles. The number of carbonyl (C=O) groups is 1. The molecular weight excluding hydrogens is 237 g/mol. The third-order valence-electron chi connectivity index (χ3n) is 2.63. The van der Waals surface area contributed by atoms with E-state index < -0.39 is 17.7 Å². The van der Waals surface area contributed by atoms with E-state index in [1.54, 1.807) is 37.9 Å². The Morgan fingerprint density at radius 2 is 2.22 bits per heavy atom. The first kappa shape index (κ1) is 14.3. The molecule has 0 aliphatic heterocycles. The second-order valence-electron chi connectivity index (χ2n) is 4.17. The molecule has 0 heterocycles. The second kappa shape index (κ2) is 6.23. The Labute approximate surface area is 106 Å². The molecule has 1 N–H and O–H groups in total. The van der Waals surface area contributed by atoms with Gasteiger partial charge < -0.3 is 14.7 Å². The van der Waals surface area contributed by atoms with E-state index in [9.17, 15) is 9.18 Å². The number of aliphatic carboxylic acids is 1. The van der Waals surface area contributed by atoms with Crippen LogP contribution >= 0.6 is 0 Å². The van der Waals surface area contributed by atoms with Crippen LogP contribution in [0.4, 0.5) is 10.1 Å². The van der Waals surface area contributed by atoms with Crippen LogP contribution in [0.5, 0.6) is 5.75 Å². The molecule has 5 heteroatoms. The van der Waals surface area contributed by atoms with Crippen LogP contribution in [0.15, 0.2) is 18.2 Å². The molecule has 1 atom stereocenters. The fraction of sp³-hybridized carbons (Fsp3) is 0.462. The van der Waals surface area contributed by atoms with Crippen molar-refractivity contribution in [3.05, 3.63) is 24.0 Å². The van der Waals surface area contributed by atoms with Crippen LogP contribution in [0.2, 0.25) is 0 Å². The van der Waals surface area contributed by atoms with Gasteiger partial charge in [-0.25, -0.2) is 4.39 Å². The lowest BCUT2D eigenvalue weighted by Crippen LogP contribution is -2.28. The third-order valence-corrected chi connectivity index (χ3v) is 2.63. The van der Waals surface area contributed by atoms with Crippen molar-refractivity contribution in [1.82, 2.24) is 0 Å². The van der Waals surface area contributed by atoms with Crippen LogP contribution in [0.1, 0.15) is 13.8 Å². The van der Waals surface area contributed by atoms with Crippen LogP contribution in [0, 0.1) is 11.7 Å². The van der Waals surface area contributed by atoms with Gasteiger partial charge in [0.05, 0.1) is 12.5 Å². The van der Waals surface area contributed by atoms with E-state index in [-0.39, 0.29) is 5.75 Å². The lowest BCUT2D eigenvalue weighted by atomic mass is 10.1. The summed E-state index contributed by atoms with van der Waals surface area (Å²) in [7, 11) is 1.73. The molecule has 1 aromatic carbocycles. The van der Waals surface area contributed by atoms with Gasteiger partial charge in [0.1, 0.15) is 0 Å². The lowest BCUT2D eigenvalue weighted by Gasteiger charge is -2.22. The smallest absolute Gasteiger partial charge is 0.308 e. The number of rotatable bonds is 6. The summed E-state index contributed by atoms with van der Waals surface area (Å²) >= 11 is 0. The first-order chi connectivity index (χ1) is 8.45. The van der Waals surface area contributed by atoms with E-state index >= 15 is 0 Å². The highest BCUT2D eigenvalue weighted by Crippen LogP contribution is 2.23. The first-order valence-electron chi connectivity index (χ1n) is 5.82. The molecule has 1 unspecified atom stereocenters. The van der Waals surface area contributed by atoms with Crippen LogP contribution in [0.25, 0.3) is 0 Å². The van der Waals surface area contributed by atoms with Gasteiger partial charge in [0.25, 0.3) is 0 Å². The van der Waals surface area contributed by atoms with Crippen molar-refractivity contribution in [1.29, 1.82) is 0 Å². The minimum atomic E-state index is -0.867. The van der Waals surface area contributed by atoms with Crippen LogP contribution < -0.4 is 9.64 Å². The number of ether oxygens (including phenoxy) is 1. The number of anilines is 1. The number of benzene rings is 1. The van der Waals surface area contributed by atoms with Gasteiger partial charge in [0, 0.05) is 25.3 Å². The van der Waals surface area contributed by atoms with Gasteiger partial charge in [0.2, 0.25) is 0 Å². The van der Waals surface area contributed by atoms with Gasteiger partial charge in [-0.05, 0) is 19.1 Å². The minimum absolute atomic E-state index is 0.209. The van der Waals surface area contributed by atoms with Gasteiger partial charge in [-0.15, -0.1) is 0 Å². The number of carboxylic acids is 1. The molecular formula is C13H18FNO3. The number of halogens is 1. The number of hydrogen-bond acceptors (Lipinski definition) is 3. The Balaban J connectivity index is 2.77. The SMILES string of the molecule is CCOc1ccc(N(C)CC(C)C(=O)O)cc1F. The lowest BCUT2D eigenvalue weighted by molar-refractivity contribution is -0.140. The van der Waals surface area contributed by atoms with Crippen molar-refractivity contribution in [2.45, 2.75) is 13.8 Å². The van der Waals surface area contributed by atoms with Crippen molar-refractivity contribution in [2.24, 2.45) is 5.92 Å². The predicted molar refractivity (Wildman–Crippen MR) is 67.6 cm³/mol. The van der Waals surface area contributed by atoms with Gasteiger partial charge in [-0.1, -0.05) is 6.92 Å². The Morgan fingerprint density at radius 3 is 2.72 bits per heavy atom. The van der Waals surface area contributed by atoms with Crippen molar-refractivity contribution in [3.8, 4) is 5.75 Å². The van der Waals surface area contributed by atoms with Crippen molar-refractivity contribution >= 4 is 11.7 Å². The van der Waals surface area contributed by atoms with E-state index in [0.717, 1.165) is 0 Å². The van der Waals surface area contributed by atoms with Crippen LogP contribution in [-0.2, 0) is 4.79 Å². The Morgan fingerprint density at radius 1 is 1.56 bits per heavy atom. The standard InChI is InChI=1S/C13H18FNO3/c1-4-18-12-6-5-10(7-11(12)14)15(3)8-9(2)13(16)17/h5-7,9H,4,8H2,1-3H3,(H,16,17). The summed E-state index contributed by atoms with van der Waals surface area (Å²) in [4.78, 5) is 12.5. The molecule has 0 amide bonds. The highest BCUT2D eigenvalue weighted by Gasteiger charge is 2.15. The van der Waals surface area contributed by atoms with Gasteiger partial charge >= 0.3 is 5.97 Å². The van der Waals surface area contributed by atoms with Crippen molar-refractivity contribution in [2.75, 3.05) is 25.1 Å². The monoisotopic (exact) mass is 255 g/mol. The number of carboxylic acid groups (broad SMARTS) is 1. The number of hydrogen-bond donors (Lipinski definition) is 1. The summed E-state index contributed by atoms with van der Waals surface area (Å²) in [6.07, 6.45) is 0. The van der Waals surface area contributed by atoms with Crippen molar-refractivity contribution < 1.29 is 19.0 Å². The normalized spacial score (nSPS) is 12.0. The summed E-state index contributed by atoms with van der Waals surface area (Å²) in [5, 5.41) is 8.83. The zero-order chi connectivity index (χ0) is 13.7. The molecule has 0 radical (unpaired) electrons. The molecule has 0 fully saturated rings. The molecule has 18 heavy (non-hydrogen) atoms. The summed E-state index contributed by atoms with van der Waals surface area (Å²) in [6.45, 7) is 4.13. The van der Waals surface area contributed by atoms with Crippen LogP contribution in [-0.4, -0.2) is 31.3 Å². The van der Waals surface area contributed by atoms with E-state index in [2.05, 4.69) is 0 Å². The summed E-state index contributed by atoms with van der Waals surface area (Å²) in [6, 6.07) is 4.61. The molecule has 0 saturated carbocycles. The highest BCUT2D eigenvalue weighted by molar-refractivity contribution is 5.70. The summed E-state index contributed by atoms with van der Waals surface area (Å²) in [5.41, 5.74) is 0.629. The van der Waals surface area contributed by atoms with Gasteiger partial charge in [-0.3, -0.25) is 4.79 Å². The fourth-order valence-corrected chi connectivity index (χ4v) is 1.59. The topological polar surface area (TPSA) is 49.8 Å². The molecule has 0 aliphatic rings.